The van der Waals surface area contributed by atoms with Crippen molar-refractivity contribution in [2.45, 2.75) is 6.54 Å². The van der Waals surface area contributed by atoms with Gasteiger partial charge in [-0.15, -0.1) is 0 Å². The zero-order valence-electron chi connectivity index (χ0n) is 10.7. The first kappa shape index (κ1) is 13.0. The Bertz CT molecular complexity index is 898. The fourth-order valence-electron chi connectivity index (χ4n) is 2.11. The molecule has 0 amide bonds. The van der Waals surface area contributed by atoms with Crippen LogP contribution in [0.1, 0.15) is 15.9 Å². The molecule has 0 aliphatic heterocycles. The van der Waals surface area contributed by atoms with E-state index in [-0.39, 0.29) is 12.1 Å². The Labute approximate surface area is 117 Å². The number of carboxylic acid groups (broad SMARTS) is 1. The van der Waals surface area contributed by atoms with E-state index in [1.54, 1.807) is 18.5 Å². The lowest BCUT2D eigenvalue weighted by molar-refractivity contribution is 0.0692. The molecule has 3 rings (SSSR count). The third kappa shape index (κ3) is 2.29. The summed E-state index contributed by atoms with van der Waals surface area (Å²) in [6.07, 6.45) is 4.69. The first-order valence-electron chi connectivity index (χ1n) is 6.11. The Morgan fingerprint density at radius 2 is 2.10 bits per heavy atom. The van der Waals surface area contributed by atoms with Gasteiger partial charge in [0.1, 0.15) is 11.3 Å². The van der Waals surface area contributed by atoms with Gasteiger partial charge in [0.15, 0.2) is 0 Å². The van der Waals surface area contributed by atoms with Crippen molar-refractivity contribution in [3.8, 4) is 0 Å². The maximum Gasteiger partial charge on any atom is 0.338 e. The maximum absolute atomic E-state index is 13.6. The molecular weight excluding hydrogens is 277 g/mol. The summed E-state index contributed by atoms with van der Waals surface area (Å²) in [5.41, 5.74) is 0.277. The molecule has 1 N–H and O–H groups in total. The zero-order chi connectivity index (χ0) is 15.0. The standard InChI is InChI=1S/C14H10FN3O3/c15-11-7-9(1-2-10(11)14(20)21)8-17-5-6-18-12(13(17)19)3-4-16-18/h1-7H,8H2,(H,20,21). The van der Waals surface area contributed by atoms with Gasteiger partial charge in [0, 0.05) is 12.4 Å². The molecule has 106 valence electrons. The van der Waals surface area contributed by atoms with Crippen LogP contribution in [0.5, 0.6) is 0 Å². The van der Waals surface area contributed by atoms with Crippen LogP contribution in [-0.4, -0.2) is 25.3 Å². The third-order valence-electron chi connectivity index (χ3n) is 3.15. The van der Waals surface area contributed by atoms with Crippen LogP contribution in [0.15, 0.2) is 47.7 Å². The average molecular weight is 287 g/mol. The number of carbonyl (C=O) groups is 1. The molecule has 2 heterocycles. The van der Waals surface area contributed by atoms with Gasteiger partial charge >= 0.3 is 5.97 Å². The summed E-state index contributed by atoms with van der Waals surface area (Å²) in [5, 5.41) is 12.7. The number of rotatable bonds is 3. The summed E-state index contributed by atoms with van der Waals surface area (Å²) >= 11 is 0. The largest absolute Gasteiger partial charge is 0.478 e. The van der Waals surface area contributed by atoms with E-state index in [9.17, 15) is 14.0 Å². The van der Waals surface area contributed by atoms with Gasteiger partial charge in [0.2, 0.25) is 0 Å². The molecule has 0 aliphatic carbocycles. The quantitative estimate of drug-likeness (QED) is 0.789. The number of hydrogen-bond donors (Lipinski definition) is 1. The minimum Gasteiger partial charge on any atom is -0.478 e. The molecule has 3 aromatic rings. The lowest BCUT2D eigenvalue weighted by Gasteiger charge is -2.07. The minimum absolute atomic E-state index is 0.150. The summed E-state index contributed by atoms with van der Waals surface area (Å²) < 4.78 is 16.5. The maximum atomic E-state index is 13.6. The van der Waals surface area contributed by atoms with Crippen molar-refractivity contribution >= 4 is 11.5 Å². The van der Waals surface area contributed by atoms with E-state index in [0.29, 0.717) is 11.1 Å². The van der Waals surface area contributed by atoms with Crippen molar-refractivity contribution in [1.29, 1.82) is 0 Å². The van der Waals surface area contributed by atoms with Gasteiger partial charge in [0.25, 0.3) is 5.56 Å². The highest BCUT2D eigenvalue weighted by Crippen LogP contribution is 2.11. The number of benzene rings is 1. The number of halogens is 1. The summed E-state index contributed by atoms with van der Waals surface area (Å²) in [6.45, 7) is 0.150. The summed E-state index contributed by atoms with van der Waals surface area (Å²) in [7, 11) is 0. The van der Waals surface area contributed by atoms with Crippen LogP contribution < -0.4 is 5.56 Å². The first-order chi connectivity index (χ1) is 10.1. The molecule has 0 saturated carbocycles. The molecule has 0 atom stereocenters. The fraction of sp³-hybridized carbons (Fsp3) is 0.0714. The normalized spacial score (nSPS) is 10.9. The molecule has 0 bridgehead atoms. The second kappa shape index (κ2) is 4.86. The SMILES string of the molecule is O=C(O)c1ccc(Cn2ccn3nccc3c2=O)cc1F. The topological polar surface area (TPSA) is 76.6 Å². The van der Waals surface area contributed by atoms with Crippen LogP contribution in [0.2, 0.25) is 0 Å². The van der Waals surface area contributed by atoms with E-state index in [4.69, 9.17) is 5.11 Å². The molecule has 0 radical (unpaired) electrons. The second-order valence-electron chi connectivity index (χ2n) is 4.51. The Balaban J connectivity index is 1.99. The third-order valence-corrected chi connectivity index (χ3v) is 3.15. The molecule has 0 fully saturated rings. The van der Waals surface area contributed by atoms with E-state index in [0.717, 1.165) is 6.07 Å². The van der Waals surface area contributed by atoms with Crippen LogP contribution in [-0.2, 0) is 6.54 Å². The predicted octanol–water partition coefficient (Wildman–Crippen LogP) is 1.38. The number of carboxylic acids is 1. The second-order valence-corrected chi connectivity index (χ2v) is 4.51. The van der Waals surface area contributed by atoms with Gasteiger partial charge in [-0.1, -0.05) is 6.07 Å². The molecular formula is C14H10FN3O3. The van der Waals surface area contributed by atoms with Crippen LogP contribution >= 0.6 is 0 Å². The Morgan fingerprint density at radius 1 is 1.29 bits per heavy atom. The molecule has 0 spiro atoms. The number of fused-ring (bicyclic) bond motifs is 1. The smallest absolute Gasteiger partial charge is 0.338 e. The zero-order valence-corrected chi connectivity index (χ0v) is 10.7. The summed E-state index contributed by atoms with van der Waals surface area (Å²) in [4.78, 5) is 22.9. The Hall–Kier alpha value is -2.96. The number of nitrogens with zero attached hydrogens (tertiary/aromatic N) is 3. The van der Waals surface area contributed by atoms with Crippen LogP contribution in [0, 0.1) is 5.82 Å². The Morgan fingerprint density at radius 3 is 2.81 bits per heavy atom. The van der Waals surface area contributed by atoms with Crippen molar-refractivity contribution in [2.24, 2.45) is 0 Å². The van der Waals surface area contributed by atoms with Gasteiger partial charge in [-0.05, 0) is 23.8 Å². The lowest BCUT2D eigenvalue weighted by Crippen LogP contribution is -2.22. The fourth-order valence-corrected chi connectivity index (χ4v) is 2.11. The minimum atomic E-state index is -1.32. The number of aromatic nitrogens is 3. The van der Waals surface area contributed by atoms with Crippen molar-refractivity contribution in [3.63, 3.8) is 0 Å². The average Bonchev–Trinajstić information content (AvgIpc) is 2.91. The van der Waals surface area contributed by atoms with Gasteiger partial charge in [-0.2, -0.15) is 5.10 Å². The van der Waals surface area contributed by atoms with Crippen molar-refractivity contribution in [2.75, 3.05) is 0 Å². The van der Waals surface area contributed by atoms with E-state index in [2.05, 4.69) is 5.10 Å². The van der Waals surface area contributed by atoms with Crippen molar-refractivity contribution < 1.29 is 14.3 Å². The predicted molar refractivity (Wildman–Crippen MR) is 71.9 cm³/mol. The number of hydrogen-bond acceptors (Lipinski definition) is 3. The van der Waals surface area contributed by atoms with E-state index < -0.39 is 17.3 Å². The monoisotopic (exact) mass is 287 g/mol. The number of aromatic carboxylic acids is 1. The summed E-state index contributed by atoms with van der Waals surface area (Å²) in [5.74, 6) is -2.14. The molecule has 7 heteroatoms. The van der Waals surface area contributed by atoms with Gasteiger partial charge in [-0.25, -0.2) is 13.7 Å². The van der Waals surface area contributed by atoms with Gasteiger partial charge in [0.05, 0.1) is 18.3 Å². The van der Waals surface area contributed by atoms with Crippen molar-refractivity contribution in [3.05, 3.63) is 70.2 Å². The molecule has 0 aliphatic rings. The lowest BCUT2D eigenvalue weighted by atomic mass is 10.1. The van der Waals surface area contributed by atoms with Gasteiger partial charge in [-0.3, -0.25) is 4.79 Å². The van der Waals surface area contributed by atoms with Crippen LogP contribution in [0.4, 0.5) is 4.39 Å². The summed E-state index contributed by atoms with van der Waals surface area (Å²) in [6, 6.07) is 5.39. The van der Waals surface area contributed by atoms with Crippen LogP contribution in [0.25, 0.3) is 5.52 Å². The highest BCUT2D eigenvalue weighted by atomic mass is 19.1. The molecule has 0 saturated heterocycles. The Kier molecular flexibility index (Phi) is 3.02. The molecule has 21 heavy (non-hydrogen) atoms. The van der Waals surface area contributed by atoms with Crippen molar-refractivity contribution in [1.82, 2.24) is 14.2 Å². The molecule has 6 nitrogen and oxygen atoms in total. The first-order valence-corrected chi connectivity index (χ1v) is 6.11. The highest BCUT2D eigenvalue weighted by molar-refractivity contribution is 5.87. The molecule has 2 aromatic heterocycles. The van der Waals surface area contributed by atoms with Gasteiger partial charge < -0.3 is 9.67 Å². The van der Waals surface area contributed by atoms with Crippen LogP contribution in [0.3, 0.4) is 0 Å². The van der Waals surface area contributed by atoms with E-state index in [1.807, 2.05) is 0 Å². The highest BCUT2D eigenvalue weighted by Gasteiger charge is 2.11. The van der Waals surface area contributed by atoms with E-state index >= 15 is 0 Å². The molecule has 1 aromatic carbocycles. The van der Waals surface area contributed by atoms with E-state index in [1.165, 1.54) is 27.4 Å². The molecule has 0 unspecified atom stereocenters.